The Morgan fingerprint density at radius 2 is 1.62 bits per heavy atom. The molecule has 1 aliphatic rings. The summed E-state index contributed by atoms with van der Waals surface area (Å²) in [6.07, 6.45) is 0. The summed E-state index contributed by atoms with van der Waals surface area (Å²) < 4.78 is 2.33. The molecule has 2 heterocycles. The highest BCUT2D eigenvalue weighted by Gasteiger charge is 2.16. The fourth-order valence-corrected chi connectivity index (χ4v) is 2.94. The van der Waals surface area contributed by atoms with Gasteiger partial charge < -0.3 is 15.2 Å². The molecule has 4 nitrogen and oxygen atoms in total. The van der Waals surface area contributed by atoms with Gasteiger partial charge in [-0.25, -0.2) is 0 Å². The fraction of sp³-hybridized carbons (Fsp3) is 0.412. The average Bonchev–Trinajstić information content (AvgIpc) is 2.83. The van der Waals surface area contributed by atoms with Crippen LogP contribution in [-0.4, -0.2) is 47.6 Å². The van der Waals surface area contributed by atoms with E-state index >= 15 is 0 Å². The van der Waals surface area contributed by atoms with Gasteiger partial charge in [-0.2, -0.15) is 0 Å². The van der Waals surface area contributed by atoms with Crippen molar-refractivity contribution in [1.82, 2.24) is 14.4 Å². The maximum Gasteiger partial charge on any atom is 0.0457 e. The minimum absolute atomic E-state index is 0.809. The Bertz CT molecular complexity index is 592. The van der Waals surface area contributed by atoms with E-state index in [1.165, 1.54) is 17.1 Å². The largest absolute Gasteiger partial charge is 0.399 e. The van der Waals surface area contributed by atoms with Gasteiger partial charge in [0, 0.05) is 55.5 Å². The Labute approximate surface area is 126 Å². The van der Waals surface area contributed by atoms with Gasteiger partial charge in [-0.15, -0.1) is 0 Å². The number of nitrogens with two attached hydrogens (primary N) is 1. The van der Waals surface area contributed by atoms with Gasteiger partial charge in [0.25, 0.3) is 0 Å². The van der Waals surface area contributed by atoms with Crippen molar-refractivity contribution in [3.63, 3.8) is 0 Å². The Balaban J connectivity index is 1.82. The minimum Gasteiger partial charge on any atom is -0.399 e. The Morgan fingerprint density at radius 3 is 2.29 bits per heavy atom. The molecule has 21 heavy (non-hydrogen) atoms. The number of benzene rings is 1. The van der Waals surface area contributed by atoms with Gasteiger partial charge in [0.1, 0.15) is 0 Å². The average molecular weight is 284 g/mol. The lowest BCUT2D eigenvalue weighted by Gasteiger charge is -2.32. The van der Waals surface area contributed by atoms with Crippen molar-refractivity contribution in [2.45, 2.75) is 13.5 Å². The molecule has 1 aliphatic heterocycles. The Hall–Kier alpha value is -1.78. The van der Waals surface area contributed by atoms with Crippen LogP contribution in [0.4, 0.5) is 5.69 Å². The number of likely N-dealkylation sites (N-methyl/N-ethyl adjacent to an activating group) is 1. The smallest absolute Gasteiger partial charge is 0.0457 e. The van der Waals surface area contributed by atoms with Crippen LogP contribution in [0.5, 0.6) is 0 Å². The molecule has 0 unspecified atom stereocenters. The number of rotatable bonds is 3. The molecule has 0 radical (unpaired) electrons. The van der Waals surface area contributed by atoms with Crippen LogP contribution in [-0.2, 0) is 6.54 Å². The van der Waals surface area contributed by atoms with E-state index in [1.54, 1.807) is 0 Å². The van der Waals surface area contributed by atoms with E-state index in [0.29, 0.717) is 0 Å². The molecule has 1 saturated heterocycles. The molecule has 0 aliphatic carbocycles. The normalized spacial score (nSPS) is 17.2. The zero-order valence-corrected chi connectivity index (χ0v) is 12.9. The maximum absolute atomic E-state index is 5.80. The lowest BCUT2D eigenvalue weighted by molar-refractivity contribution is 0.146. The second-order valence-corrected chi connectivity index (χ2v) is 5.97. The van der Waals surface area contributed by atoms with Crippen LogP contribution >= 0.6 is 0 Å². The third kappa shape index (κ3) is 3.12. The van der Waals surface area contributed by atoms with Crippen molar-refractivity contribution in [2.75, 3.05) is 39.0 Å². The van der Waals surface area contributed by atoms with E-state index in [0.717, 1.165) is 38.4 Å². The summed E-state index contributed by atoms with van der Waals surface area (Å²) in [6.45, 7) is 7.75. The molecule has 0 bridgehead atoms. The van der Waals surface area contributed by atoms with Crippen molar-refractivity contribution in [3.05, 3.63) is 47.8 Å². The van der Waals surface area contributed by atoms with E-state index in [4.69, 9.17) is 5.73 Å². The third-order valence-corrected chi connectivity index (χ3v) is 4.29. The second kappa shape index (κ2) is 5.92. The number of hydrogen-bond donors (Lipinski definition) is 1. The summed E-state index contributed by atoms with van der Waals surface area (Å²) in [4.78, 5) is 4.92. The number of hydrogen-bond acceptors (Lipinski definition) is 3. The molecule has 112 valence electrons. The molecule has 4 heteroatoms. The monoisotopic (exact) mass is 284 g/mol. The standard InChI is InChI=1S/C17H24N4/c1-14-3-6-17(13-20-11-9-19(2)10-12-20)21(14)16-7-4-15(18)5-8-16/h3-8H,9-13,18H2,1-2H3. The van der Waals surface area contributed by atoms with E-state index in [1.807, 2.05) is 12.1 Å². The number of aromatic nitrogens is 1. The minimum atomic E-state index is 0.809. The summed E-state index contributed by atoms with van der Waals surface area (Å²) in [5.74, 6) is 0. The van der Waals surface area contributed by atoms with Crippen LogP contribution in [0.3, 0.4) is 0 Å². The molecule has 1 aromatic heterocycles. The second-order valence-electron chi connectivity index (χ2n) is 5.97. The SMILES string of the molecule is Cc1ccc(CN2CCN(C)CC2)n1-c1ccc(N)cc1. The highest BCUT2D eigenvalue weighted by atomic mass is 15.3. The number of nitrogen functional groups attached to an aromatic ring is 1. The first-order chi connectivity index (χ1) is 10.1. The van der Waals surface area contributed by atoms with Crippen LogP contribution in [0.1, 0.15) is 11.4 Å². The third-order valence-electron chi connectivity index (χ3n) is 4.29. The van der Waals surface area contributed by atoms with Gasteiger partial charge in [0.15, 0.2) is 0 Å². The van der Waals surface area contributed by atoms with Crippen LogP contribution < -0.4 is 5.73 Å². The van der Waals surface area contributed by atoms with E-state index in [2.05, 4.69) is 52.6 Å². The number of aryl methyl sites for hydroxylation is 1. The zero-order chi connectivity index (χ0) is 14.8. The van der Waals surface area contributed by atoms with E-state index in [9.17, 15) is 0 Å². The molecule has 0 spiro atoms. The maximum atomic E-state index is 5.80. The summed E-state index contributed by atoms with van der Waals surface area (Å²) in [6, 6.07) is 12.6. The number of piperazine rings is 1. The Morgan fingerprint density at radius 1 is 0.952 bits per heavy atom. The predicted molar refractivity (Wildman–Crippen MR) is 87.7 cm³/mol. The molecular weight excluding hydrogens is 260 g/mol. The molecule has 0 atom stereocenters. The van der Waals surface area contributed by atoms with Crippen molar-refractivity contribution in [3.8, 4) is 5.69 Å². The topological polar surface area (TPSA) is 37.4 Å². The van der Waals surface area contributed by atoms with Gasteiger partial charge in [-0.1, -0.05) is 0 Å². The fourth-order valence-electron chi connectivity index (χ4n) is 2.94. The molecule has 3 rings (SSSR count). The number of nitrogens with zero attached hydrogens (tertiary/aromatic N) is 3. The zero-order valence-electron chi connectivity index (χ0n) is 12.9. The quantitative estimate of drug-likeness (QED) is 0.877. The van der Waals surface area contributed by atoms with Gasteiger partial charge in [0.2, 0.25) is 0 Å². The summed E-state index contributed by atoms with van der Waals surface area (Å²) in [7, 11) is 2.19. The van der Waals surface area contributed by atoms with Crippen LogP contribution in [0.15, 0.2) is 36.4 Å². The molecule has 0 amide bonds. The molecular formula is C17H24N4. The summed E-state index contributed by atoms with van der Waals surface area (Å²) in [5, 5.41) is 0. The predicted octanol–water partition coefficient (Wildman–Crippen LogP) is 2.12. The van der Waals surface area contributed by atoms with Gasteiger partial charge in [-0.05, 0) is 50.4 Å². The van der Waals surface area contributed by atoms with Gasteiger partial charge in [-0.3, -0.25) is 4.90 Å². The van der Waals surface area contributed by atoms with Crippen LogP contribution in [0, 0.1) is 6.92 Å². The van der Waals surface area contributed by atoms with Crippen molar-refractivity contribution in [2.24, 2.45) is 0 Å². The lowest BCUT2D eigenvalue weighted by Crippen LogP contribution is -2.44. The van der Waals surface area contributed by atoms with E-state index in [-0.39, 0.29) is 0 Å². The van der Waals surface area contributed by atoms with Gasteiger partial charge in [0.05, 0.1) is 0 Å². The van der Waals surface area contributed by atoms with Crippen molar-refractivity contribution in [1.29, 1.82) is 0 Å². The summed E-state index contributed by atoms with van der Waals surface area (Å²) in [5.41, 5.74) is 10.4. The highest BCUT2D eigenvalue weighted by Crippen LogP contribution is 2.20. The van der Waals surface area contributed by atoms with Crippen LogP contribution in [0.25, 0.3) is 5.69 Å². The first-order valence-corrected chi connectivity index (χ1v) is 7.57. The lowest BCUT2D eigenvalue weighted by atomic mass is 10.2. The first-order valence-electron chi connectivity index (χ1n) is 7.57. The molecule has 2 N–H and O–H groups in total. The highest BCUT2D eigenvalue weighted by molar-refractivity contribution is 5.47. The van der Waals surface area contributed by atoms with E-state index < -0.39 is 0 Å². The summed E-state index contributed by atoms with van der Waals surface area (Å²) >= 11 is 0. The Kier molecular flexibility index (Phi) is 3.99. The van der Waals surface area contributed by atoms with Crippen molar-refractivity contribution < 1.29 is 0 Å². The molecule has 1 fully saturated rings. The van der Waals surface area contributed by atoms with Crippen molar-refractivity contribution >= 4 is 5.69 Å². The first kappa shape index (κ1) is 14.2. The van der Waals surface area contributed by atoms with Crippen LogP contribution in [0.2, 0.25) is 0 Å². The molecule has 2 aromatic rings. The molecule has 0 saturated carbocycles. The van der Waals surface area contributed by atoms with Gasteiger partial charge >= 0.3 is 0 Å². The molecule has 1 aromatic carbocycles. The number of anilines is 1.